The van der Waals surface area contributed by atoms with Crippen molar-refractivity contribution in [3.05, 3.63) is 74.8 Å². The fraction of sp³-hybridized carbons (Fsp3) is 0.0909. The van der Waals surface area contributed by atoms with Gasteiger partial charge in [-0.15, -0.1) is 0 Å². The number of hydrogen-bond donors (Lipinski definition) is 0. The van der Waals surface area contributed by atoms with Crippen molar-refractivity contribution in [2.75, 3.05) is 6.79 Å². The number of amides is 2. The van der Waals surface area contributed by atoms with Crippen molar-refractivity contribution in [1.82, 2.24) is 4.90 Å². The predicted octanol–water partition coefficient (Wildman–Crippen LogP) is 6.22. The lowest BCUT2D eigenvalue weighted by Crippen LogP contribution is -2.27. The number of rotatable bonds is 4. The van der Waals surface area contributed by atoms with E-state index in [0.717, 1.165) is 22.2 Å². The molecule has 6 nitrogen and oxygen atoms in total. The molecule has 0 saturated carbocycles. The normalized spacial score (nSPS) is 16.6. The Morgan fingerprint density at radius 2 is 1.77 bits per heavy atom. The summed E-state index contributed by atoms with van der Waals surface area (Å²) in [6, 6.07) is 14.1. The maximum absolute atomic E-state index is 12.9. The highest BCUT2D eigenvalue weighted by molar-refractivity contribution is 8.18. The molecule has 0 aliphatic carbocycles. The number of furan rings is 1. The van der Waals surface area contributed by atoms with Gasteiger partial charge in [-0.05, 0) is 47.7 Å². The van der Waals surface area contributed by atoms with Crippen LogP contribution in [0.4, 0.5) is 4.79 Å². The number of halogens is 2. The molecule has 2 aliphatic rings. The zero-order valence-corrected chi connectivity index (χ0v) is 18.1. The summed E-state index contributed by atoms with van der Waals surface area (Å²) < 4.78 is 16.4. The van der Waals surface area contributed by atoms with Gasteiger partial charge >= 0.3 is 0 Å². The first-order valence-electron chi connectivity index (χ1n) is 9.18. The lowest BCUT2D eigenvalue weighted by atomic mass is 10.2. The number of carbonyl (C=O) groups excluding carboxylic acids is 2. The van der Waals surface area contributed by atoms with Gasteiger partial charge in [0.25, 0.3) is 11.1 Å². The number of benzene rings is 2. The maximum Gasteiger partial charge on any atom is 0.293 e. The van der Waals surface area contributed by atoms with E-state index >= 15 is 0 Å². The first-order valence-corrected chi connectivity index (χ1v) is 10.7. The lowest BCUT2D eigenvalue weighted by molar-refractivity contribution is -0.123. The van der Waals surface area contributed by atoms with E-state index in [1.807, 2.05) is 18.2 Å². The fourth-order valence-electron chi connectivity index (χ4n) is 3.25. The molecule has 9 heteroatoms. The van der Waals surface area contributed by atoms with Crippen LogP contribution in [0.3, 0.4) is 0 Å². The molecule has 3 heterocycles. The van der Waals surface area contributed by atoms with Crippen LogP contribution in [0.5, 0.6) is 11.5 Å². The van der Waals surface area contributed by atoms with Crippen molar-refractivity contribution in [2.24, 2.45) is 0 Å². The van der Waals surface area contributed by atoms with Crippen LogP contribution in [0.1, 0.15) is 11.3 Å². The Labute approximate surface area is 191 Å². The number of thioether (sulfide) groups is 1. The monoisotopic (exact) mass is 473 g/mol. The van der Waals surface area contributed by atoms with E-state index in [1.165, 1.54) is 0 Å². The largest absolute Gasteiger partial charge is 0.457 e. The third kappa shape index (κ3) is 3.80. The van der Waals surface area contributed by atoms with Gasteiger partial charge in [0.1, 0.15) is 11.5 Å². The molecule has 2 amide bonds. The Kier molecular flexibility index (Phi) is 5.17. The van der Waals surface area contributed by atoms with Crippen LogP contribution in [0, 0.1) is 0 Å². The molecule has 0 N–H and O–H groups in total. The molecule has 0 bridgehead atoms. The summed E-state index contributed by atoms with van der Waals surface area (Å²) >= 11 is 13.4. The van der Waals surface area contributed by atoms with Crippen LogP contribution in [0.25, 0.3) is 17.4 Å². The highest BCUT2D eigenvalue weighted by Crippen LogP contribution is 2.39. The van der Waals surface area contributed by atoms with Crippen LogP contribution in [0.2, 0.25) is 10.0 Å². The molecule has 156 valence electrons. The van der Waals surface area contributed by atoms with E-state index in [9.17, 15) is 9.59 Å². The zero-order valence-electron chi connectivity index (χ0n) is 15.8. The quantitative estimate of drug-likeness (QED) is 0.419. The molecule has 3 aromatic rings. The summed E-state index contributed by atoms with van der Waals surface area (Å²) in [5.74, 6) is 1.67. The van der Waals surface area contributed by atoms with Crippen molar-refractivity contribution in [3.8, 4) is 22.8 Å². The summed E-state index contributed by atoms with van der Waals surface area (Å²) in [4.78, 5) is 26.7. The van der Waals surface area contributed by atoms with Crippen LogP contribution in [0.15, 0.2) is 57.9 Å². The van der Waals surface area contributed by atoms with Gasteiger partial charge < -0.3 is 13.9 Å². The van der Waals surface area contributed by atoms with Crippen LogP contribution in [-0.4, -0.2) is 22.8 Å². The number of ether oxygens (including phenoxy) is 2. The second-order valence-electron chi connectivity index (χ2n) is 6.75. The first-order chi connectivity index (χ1) is 15.0. The number of nitrogens with zero attached hydrogens (tertiary/aromatic N) is 1. The summed E-state index contributed by atoms with van der Waals surface area (Å²) in [6.07, 6.45) is 1.55. The van der Waals surface area contributed by atoms with Crippen molar-refractivity contribution in [1.29, 1.82) is 0 Å². The highest BCUT2D eigenvalue weighted by Gasteiger charge is 2.36. The van der Waals surface area contributed by atoms with Gasteiger partial charge in [0, 0.05) is 22.7 Å². The third-order valence-corrected chi connectivity index (χ3v) is 6.37. The van der Waals surface area contributed by atoms with Gasteiger partial charge in [-0.3, -0.25) is 14.5 Å². The van der Waals surface area contributed by atoms with E-state index in [4.69, 9.17) is 37.1 Å². The minimum atomic E-state index is -0.417. The molecule has 0 spiro atoms. The smallest absolute Gasteiger partial charge is 0.293 e. The molecular weight excluding hydrogens is 461 g/mol. The SMILES string of the molecule is O=C1S/C(=C/c2ccc(-c3ccccc3Cl)o2)C(=O)N1Cc1cc2c(cc1Cl)OCO2. The summed E-state index contributed by atoms with van der Waals surface area (Å²) in [5, 5.41) is 0.565. The standard InChI is InChI=1S/C22H13Cl2NO5S/c23-15-4-2-1-3-14(15)17-6-5-13(30-17)8-20-21(26)25(22(27)31-20)10-12-7-18-19(9-16(12)24)29-11-28-18/h1-9H,10-11H2/b20-8+. The molecule has 1 fully saturated rings. The molecule has 5 rings (SSSR count). The van der Waals surface area contributed by atoms with Crippen molar-refractivity contribution >= 4 is 52.2 Å². The molecule has 1 aromatic heterocycles. The molecular formula is C22H13Cl2NO5S. The van der Waals surface area contributed by atoms with Crippen LogP contribution < -0.4 is 9.47 Å². The minimum Gasteiger partial charge on any atom is -0.457 e. The minimum absolute atomic E-state index is 0.0283. The van der Waals surface area contributed by atoms with Crippen LogP contribution in [-0.2, 0) is 11.3 Å². The van der Waals surface area contributed by atoms with Gasteiger partial charge in [-0.25, -0.2) is 0 Å². The maximum atomic E-state index is 12.9. The molecule has 2 aromatic carbocycles. The molecule has 0 radical (unpaired) electrons. The Morgan fingerprint density at radius 1 is 1.00 bits per heavy atom. The lowest BCUT2D eigenvalue weighted by Gasteiger charge is -2.14. The molecule has 31 heavy (non-hydrogen) atoms. The van der Waals surface area contributed by atoms with E-state index in [1.54, 1.807) is 36.4 Å². The first kappa shape index (κ1) is 20.1. The molecule has 0 atom stereocenters. The zero-order chi connectivity index (χ0) is 21.5. The summed E-state index contributed by atoms with van der Waals surface area (Å²) in [7, 11) is 0. The van der Waals surface area contributed by atoms with E-state index < -0.39 is 5.91 Å². The second kappa shape index (κ2) is 8.00. The predicted molar refractivity (Wildman–Crippen MR) is 118 cm³/mol. The fourth-order valence-corrected chi connectivity index (χ4v) is 4.51. The topological polar surface area (TPSA) is 69.0 Å². The van der Waals surface area contributed by atoms with Crippen molar-refractivity contribution in [3.63, 3.8) is 0 Å². The van der Waals surface area contributed by atoms with Crippen molar-refractivity contribution in [2.45, 2.75) is 6.54 Å². The Bertz CT molecular complexity index is 1250. The van der Waals surface area contributed by atoms with Crippen molar-refractivity contribution < 1.29 is 23.5 Å². The van der Waals surface area contributed by atoms with E-state index in [-0.39, 0.29) is 23.5 Å². The number of carbonyl (C=O) groups is 2. The summed E-state index contributed by atoms with van der Waals surface area (Å²) in [5.41, 5.74) is 1.34. The molecule has 1 saturated heterocycles. The van der Waals surface area contributed by atoms with Gasteiger partial charge in [0.15, 0.2) is 11.5 Å². The number of hydrogen-bond acceptors (Lipinski definition) is 6. The molecule has 2 aliphatic heterocycles. The third-order valence-electron chi connectivity index (χ3n) is 4.78. The summed E-state index contributed by atoms with van der Waals surface area (Å²) in [6.45, 7) is 0.138. The van der Waals surface area contributed by atoms with Gasteiger partial charge in [0.2, 0.25) is 6.79 Å². The Hall–Kier alpha value is -2.87. The average Bonchev–Trinajstić information content (AvgIpc) is 3.45. The Balaban J connectivity index is 1.37. The number of fused-ring (bicyclic) bond motifs is 1. The van der Waals surface area contributed by atoms with Gasteiger partial charge in [0.05, 0.1) is 16.5 Å². The van der Waals surface area contributed by atoms with Gasteiger partial charge in [-0.2, -0.15) is 0 Å². The highest BCUT2D eigenvalue weighted by atomic mass is 35.5. The van der Waals surface area contributed by atoms with Crippen LogP contribution >= 0.6 is 35.0 Å². The van der Waals surface area contributed by atoms with E-state index in [2.05, 4.69) is 0 Å². The van der Waals surface area contributed by atoms with E-state index in [0.29, 0.717) is 38.6 Å². The molecule has 0 unspecified atom stereocenters. The second-order valence-corrected chi connectivity index (χ2v) is 8.55. The van der Waals surface area contributed by atoms with Gasteiger partial charge in [-0.1, -0.05) is 35.3 Å². The Morgan fingerprint density at radius 3 is 2.58 bits per heavy atom. The number of imide groups is 1. The average molecular weight is 474 g/mol.